The maximum absolute atomic E-state index is 12.0. The van der Waals surface area contributed by atoms with Crippen LogP contribution in [0.4, 0.5) is 0 Å². The molecule has 0 aromatic heterocycles. The molecule has 0 saturated carbocycles. The third kappa shape index (κ3) is 4.02. The summed E-state index contributed by atoms with van der Waals surface area (Å²) in [6.45, 7) is 0.603. The average Bonchev–Trinajstić information content (AvgIpc) is 2.64. The normalized spacial score (nSPS) is 10.3. The largest absolute Gasteiger partial charge is 0.508 e. The van der Waals surface area contributed by atoms with Crippen LogP contribution < -0.4 is 5.32 Å². The Morgan fingerprint density at radius 3 is 2.00 bits per heavy atom. The van der Waals surface area contributed by atoms with Crippen LogP contribution in [0, 0.1) is 0 Å². The van der Waals surface area contributed by atoms with Crippen LogP contribution >= 0.6 is 0 Å². The quantitative estimate of drug-likeness (QED) is 0.746. The van der Waals surface area contributed by atoms with Gasteiger partial charge in [0.1, 0.15) is 5.75 Å². The minimum atomic E-state index is -0.0451. The van der Waals surface area contributed by atoms with Crippen LogP contribution in [0.25, 0.3) is 11.1 Å². The van der Waals surface area contributed by atoms with Crippen LogP contribution in [0.1, 0.15) is 15.9 Å². The molecule has 3 aromatic carbocycles. The fraction of sp³-hybridized carbons (Fsp3) is 0.0952. The molecule has 24 heavy (non-hydrogen) atoms. The average molecular weight is 317 g/mol. The molecule has 0 atom stereocenters. The number of carbonyl (C=O) groups excluding carboxylic acids is 1. The van der Waals surface area contributed by atoms with Crippen molar-refractivity contribution < 1.29 is 9.90 Å². The Morgan fingerprint density at radius 2 is 1.38 bits per heavy atom. The summed E-state index contributed by atoms with van der Waals surface area (Å²) in [6.07, 6.45) is 0.786. The highest BCUT2D eigenvalue weighted by Gasteiger charge is 2.04. The van der Waals surface area contributed by atoms with Crippen LogP contribution in [0.5, 0.6) is 5.75 Å². The molecule has 3 nitrogen and oxygen atoms in total. The van der Waals surface area contributed by atoms with Crippen molar-refractivity contribution in [1.29, 1.82) is 0 Å². The molecule has 1 amide bonds. The van der Waals surface area contributed by atoms with E-state index in [2.05, 4.69) is 29.6 Å². The van der Waals surface area contributed by atoms with Gasteiger partial charge in [-0.3, -0.25) is 4.79 Å². The van der Waals surface area contributed by atoms with Gasteiger partial charge < -0.3 is 10.4 Å². The standard InChI is InChI=1S/C21H19NO2/c23-20-12-10-18(11-13-20)17-8-6-16(7-9-17)14-15-22-21(24)19-4-2-1-3-5-19/h1-13,23H,14-15H2,(H,22,24). The van der Waals surface area contributed by atoms with Gasteiger partial charge in [-0.1, -0.05) is 54.6 Å². The van der Waals surface area contributed by atoms with E-state index in [1.807, 2.05) is 42.5 Å². The zero-order valence-electron chi connectivity index (χ0n) is 13.3. The van der Waals surface area contributed by atoms with Crippen molar-refractivity contribution in [3.8, 4) is 16.9 Å². The van der Waals surface area contributed by atoms with E-state index < -0.39 is 0 Å². The first-order chi connectivity index (χ1) is 11.7. The van der Waals surface area contributed by atoms with E-state index in [0.717, 1.165) is 17.5 Å². The molecule has 120 valence electrons. The number of rotatable bonds is 5. The minimum absolute atomic E-state index is 0.0451. The highest BCUT2D eigenvalue weighted by atomic mass is 16.3. The van der Waals surface area contributed by atoms with E-state index in [4.69, 9.17) is 0 Å². The number of hydrogen-bond donors (Lipinski definition) is 2. The van der Waals surface area contributed by atoms with Crippen LogP contribution in [0.15, 0.2) is 78.9 Å². The van der Waals surface area contributed by atoms with Gasteiger partial charge in [-0.25, -0.2) is 0 Å². The molecule has 2 N–H and O–H groups in total. The number of phenolic OH excluding ortho intramolecular Hbond substituents is 1. The molecule has 3 rings (SSSR count). The SMILES string of the molecule is O=C(NCCc1ccc(-c2ccc(O)cc2)cc1)c1ccccc1. The summed E-state index contributed by atoms with van der Waals surface area (Å²) in [6, 6.07) is 24.6. The first-order valence-electron chi connectivity index (χ1n) is 7.94. The van der Waals surface area contributed by atoms with Crippen molar-refractivity contribution in [2.45, 2.75) is 6.42 Å². The maximum Gasteiger partial charge on any atom is 0.251 e. The van der Waals surface area contributed by atoms with Crippen molar-refractivity contribution in [2.24, 2.45) is 0 Å². The van der Waals surface area contributed by atoms with E-state index in [1.165, 1.54) is 5.56 Å². The van der Waals surface area contributed by atoms with Gasteiger partial charge in [-0.05, 0) is 47.4 Å². The van der Waals surface area contributed by atoms with E-state index >= 15 is 0 Å². The predicted molar refractivity (Wildman–Crippen MR) is 96.0 cm³/mol. The van der Waals surface area contributed by atoms with Crippen LogP contribution in [0.3, 0.4) is 0 Å². The van der Waals surface area contributed by atoms with E-state index in [-0.39, 0.29) is 11.7 Å². The molecular weight excluding hydrogens is 298 g/mol. The van der Waals surface area contributed by atoms with Gasteiger partial charge in [0.25, 0.3) is 5.91 Å². The number of benzene rings is 3. The third-order valence-corrected chi connectivity index (χ3v) is 3.89. The molecule has 3 aromatic rings. The Hall–Kier alpha value is -3.07. The van der Waals surface area contributed by atoms with Crippen molar-refractivity contribution in [3.05, 3.63) is 90.0 Å². The molecule has 0 unspecified atom stereocenters. The molecule has 0 aliphatic rings. The molecule has 0 saturated heterocycles. The van der Waals surface area contributed by atoms with Gasteiger partial charge in [0.15, 0.2) is 0 Å². The molecule has 0 bridgehead atoms. The van der Waals surface area contributed by atoms with Gasteiger partial charge in [0, 0.05) is 12.1 Å². The van der Waals surface area contributed by atoms with Crippen molar-refractivity contribution in [1.82, 2.24) is 5.32 Å². The van der Waals surface area contributed by atoms with Crippen LogP contribution in [0.2, 0.25) is 0 Å². The lowest BCUT2D eigenvalue weighted by atomic mass is 10.0. The predicted octanol–water partition coefficient (Wildman–Crippen LogP) is 4.03. The molecule has 0 fully saturated rings. The van der Waals surface area contributed by atoms with E-state index in [0.29, 0.717) is 12.1 Å². The molecule has 0 aliphatic carbocycles. The summed E-state index contributed by atoms with van der Waals surface area (Å²) in [5, 5.41) is 12.3. The highest BCUT2D eigenvalue weighted by molar-refractivity contribution is 5.94. The Bertz CT molecular complexity index is 794. The number of aromatic hydroxyl groups is 1. The smallest absolute Gasteiger partial charge is 0.251 e. The maximum atomic E-state index is 12.0. The van der Waals surface area contributed by atoms with E-state index in [9.17, 15) is 9.90 Å². The molecule has 0 spiro atoms. The summed E-state index contributed by atoms with van der Waals surface area (Å²) in [7, 11) is 0. The summed E-state index contributed by atoms with van der Waals surface area (Å²) in [4.78, 5) is 12.0. The molecule has 0 aliphatic heterocycles. The highest BCUT2D eigenvalue weighted by Crippen LogP contribution is 2.22. The molecule has 0 heterocycles. The molecule has 0 radical (unpaired) electrons. The number of phenols is 1. The van der Waals surface area contributed by atoms with Crippen molar-refractivity contribution in [3.63, 3.8) is 0 Å². The first-order valence-corrected chi connectivity index (χ1v) is 7.94. The van der Waals surface area contributed by atoms with Crippen LogP contribution in [-0.2, 0) is 6.42 Å². The topological polar surface area (TPSA) is 49.3 Å². The fourth-order valence-corrected chi connectivity index (χ4v) is 2.53. The molecule has 3 heteroatoms. The summed E-state index contributed by atoms with van der Waals surface area (Å²) in [5.74, 6) is 0.223. The van der Waals surface area contributed by atoms with Gasteiger partial charge in [0.2, 0.25) is 0 Å². The number of amides is 1. The summed E-state index contributed by atoms with van der Waals surface area (Å²) in [5.41, 5.74) is 4.02. The van der Waals surface area contributed by atoms with Gasteiger partial charge in [-0.15, -0.1) is 0 Å². The lowest BCUT2D eigenvalue weighted by Crippen LogP contribution is -2.25. The number of hydrogen-bond acceptors (Lipinski definition) is 2. The Morgan fingerprint density at radius 1 is 0.792 bits per heavy atom. The Labute approximate surface area is 141 Å². The third-order valence-electron chi connectivity index (χ3n) is 3.89. The monoisotopic (exact) mass is 317 g/mol. The zero-order valence-corrected chi connectivity index (χ0v) is 13.3. The lowest BCUT2D eigenvalue weighted by Gasteiger charge is -2.07. The molecular formula is C21H19NO2. The van der Waals surface area contributed by atoms with Crippen molar-refractivity contribution in [2.75, 3.05) is 6.54 Å². The fourth-order valence-electron chi connectivity index (χ4n) is 2.53. The first kappa shape index (κ1) is 15.8. The second-order valence-corrected chi connectivity index (χ2v) is 5.62. The summed E-state index contributed by atoms with van der Waals surface area (Å²) < 4.78 is 0. The Kier molecular flexibility index (Phi) is 4.92. The van der Waals surface area contributed by atoms with Gasteiger partial charge >= 0.3 is 0 Å². The lowest BCUT2D eigenvalue weighted by molar-refractivity contribution is 0.0954. The Balaban J connectivity index is 1.55. The van der Waals surface area contributed by atoms with Crippen molar-refractivity contribution >= 4 is 5.91 Å². The second-order valence-electron chi connectivity index (χ2n) is 5.62. The van der Waals surface area contributed by atoms with Gasteiger partial charge in [0.05, 0.1) is 0 Å². The minimum Gasteiger partial charge on any atom is -0.508 e. The summed E-state index contributed by atoms with van der Waals surface area (Å²) >= 11 is 0. The van der Waals surface area contributed by atoms with Crippen LogP contribution in [-0.4, -0.2) is 17.6 Å². The number of carbonyl (C=O) groups is 1. The second kappa shape index (κ2) is 7.47. The van der Waals surface area contributed by atoms with E-state index in [1.54, 1.807) is 12.1 Å². The zero-order chi connectivity index (χ0) is 16.8. The van der Waals surface area contributed by atoms with Gasteiger partial charge in [-0.2, -0.15) is 0 Å². The number of nitrogens with one attached hydrogen (secondary N) is 1.